The lowest BCUT2D eigenvalue weighted by Crippen LogP contribution is -2.08. The molecule has 0 aliphatic carbocycles. The van der Waals surface area contributed by atoms with Gasteiger partial charge < -0.3 is 11.1 Å². The van der Waals surface area contributed by atoms with Crippen molar-refractivity contribution in [2.24, 2.45) is 5.73 Å². The van der Waals surface area contributed by atoms with E-state index in [-0.39, 0.29) is 0 Å². The molecule has 0 aliphatic heterocycles. The van der Waals surface area contributed by atoms with E-state index < -0.39 is 0 Å². The van der Waals surface area contributed by atoms with E-state index in [1.165, 1.54) is 4.90 Å². The molecular weight excluding hydrogens is 296 g/mol. The largest absolute Gasteiger partial charge is 0.367 e. The van der Waals surface area contributed by atoms with Crippen LogP contribution in [0.4, 0.5) is 5.82 Å². The van der Waals surface area contributed by atoms with Gasteiger partial charge in [-0.2, -0.15) is 0 Å². The van der Waals surface area contributed by atoms with E-state index in [1.807, 2.05) is 6.92 Å². The van der Waals surface area contributed by atoms with Gasteiger partial charge in [0, 0.05) is 11.4 Å². The summed E-state index contributed by atoms with van der Waals surface area (Å²) >= 11 is 1.71. The van der Waals surface area contributed by atoms with Gasteiger partial charge in [0.25, 0.3) is 0 Å². The van der Waals surface area contributed by atoms with Gasteiger partial charge in [-0.1, -0.05) is 0 Å². The van der Waals surface area contributed by atoms with Gasteiger partial charge in [0.15, 0.2) is 5.82 Å². The molecule has 0 amide bonds. The Labute approximate surface area is 133 Å². The normalized spacial score (nSPS) is 11.4. The molecule has 0 spiro atoms. The fourth-order valence-corrected chi connectivity index (χ4v) is 2.91. The van der Waals surface area contributed by atoms with E-state index in [1.54, 1.807) is 11.8 Å². The maximum absolute atomic E-state index is 5.54. The summed E-state index contributed by atoms with van der Waals surface area (Å²) in [5.41, 5.74) is 8.29. The first-order valence-electron chi connectivity index (χ1n) is 7.38. The molecule has 0 saturated carbocycles. The lowest BCUT2D eigenvalue weighted by Gasteiger charge is -2.10. The Morgan fingerprint density at radius 2 is 2.14 bits per heavy atom. The first-order valence-corrected chi connectivity index (χ1v) is 8.60. The summed E-state index contributed by atoms with van der Waals surface area (Å²) in [5.74, 6) is 1.65. The van der Waals surface area contributed by atoms with Gasteiger partial charge in [0.05, 0.1) is 11.0 Å². The van der Waals surface area contributed by atoms with Crippen LogP contribution in [0.5, 0.6) is 0 Å². The van der Waals surface area contributed by atoms with Crippen molar-refractivity contribution in [3.05, 3.63) is 24.0 Å². The third-order valence-electron chi connectivity index (χ3n) is 3.62. The van der Waals surface area contributed by atoms with Gasteiger partial charge in [-0.15, -0.1) is 22.0 Å². The predicted molar refractivity (Wildman–Crippen MR) is 91.6 cm³/mol. The third-order valence-corrected chi connectivity index (χ3v) is 4.34. The maximum atomic E-state index is 5.54. The van der Waals surface area contributed by atoms with Gasteiger partial charge in [-0.05, 0) is 50.8 Å². The Balaban J connectivity index is 2.08. The lowest BCUT2D eigenvalue weighted by molar-refractivity contribution is 0.772. The number of thioether (sulfide) groups is 1. The van der Waals surface area contributed by atoms with Crippen LogP contribution in [0.3, 0.4) is 0 Å². The topological polar surface area (TPSA) is 81.1 Å². The zero-order chi connectivity index (χ0) is 15.5. The summed E-state index contributed by atoms with van der Waals surface area (Å²) in [6, 6.07) is 6.28. The average molecular weight is 316 g/mol. The molecule has 2 aromatic heterocycles. The molecule has 1 aromatic carbocycles. The van der Waals surface area contributed by atoms with Crippen molar-refractivity contribution in [2.45, 2.75) is 24.7 Å². The van der Waals surface area contributed by atoms with Crippen LogP contribution in [0.2, 0.25) is 0 Å². The summed E-state index contributed by atoms with van der Waals surface area (Å²) < 4.78 is 2.05. The number of benzene rings is 1. The molecular formula is C15H20N6S. The Hall–Kier alpha value is -1.86. The quantitative estimate of drug-likeness (QED) is 0.537. The van der Waals surface area contributed by atoms with Crippen molar-refractivity contribution in [3.63, 3.8) is 0 Å². The molecule has 6 nitrogen and oxygen atoms in total. The Bertz CT molecular complexity index is 797. The number of rotatable bonds is 6. The number of nitrogens with one attached hydrogen (secondary N) is 1. The van der Waals surface area contributed by atoms with Crippen LogP contribution in [-0.2, 0) is 0 Å². The van der Waals surface area contributed by atoms with Gasteiger partial charge in [0.1, 0.15) is 5.82 Å². The molecule has 0 bridgehead atoms. The number of aryl methyl sites for hydroxylation is 1. The molecule has 7 heteroatoms. The number of hydrogen-bond donors (Lipinski definition) is 2. The van der Waals surface area contributed by atoms with E-state index in [9.17, 15) is 0 Å². The molecule has 3 aromatic rings. The number of hydrogen-bond acceptors (Lipinski definition) is 6. The molecule has 0 atom stereocenters. The van der Waals surface area contributed by atoms with E-state index in [2.05, 4.69) is 44.4 Å². The summed E-state index contributed by atoms with van der Waals surface area (Å²) in [6.07, 6.45) is 4.08. The molecule has 0 saturated heterocycles. The summed E-state index contributed by atoms with van der Waals surface area (Å²) in [6.45, 7) is 3.50. The molecule has 22 heavy (non-hydrogen) atoms. The van der Waals surface area contributed by atoms with Crippen LogP contribution in [0.25, 0.3) is 16.7 Å². The molecule has 3 N–H and O–H groups in total. The average Bonchev–Trinajstić information content (AvgIpc) is 2.93. The van der Waals surface area contributed by atoms with Crippen LogP contribution in [0, 0.1) is 6.92 Å². The zero-order valence-corrected chi connectivity index (χ0v) is 13.7. The monoisotopic (exact) mass is 316 g/mol. The Kier molecular flexibility index (Phi) is 4.44. The molecule has 0 fully saturated rings. The van der Waals surface area contributed by atoms with E-state index in [0.29, 0.717) is 6.54 Å². The van der Waals surface area contributed by atoms with E-state index in [0.717, 1.165) is 47.7 Å². The summed E-state index contributed by atoms with van der Waals surface area (Å²) in [7, 11) is 0. The predicted octanol–water partition coefficient (Wildman–Crippen LogP) is 2.46. The number of nitrogens with two attached hydrogens (primary N) is 1. The Morgan fingerprint density at radius 3 is 2.91 bits per heavy atom. The molecule has 0 unspecified atom stereocenters. The molecule has 116 valence electrons. The lowest BCUT2D eigenvalue weighted by atomic mass is 10.3. The minimum absolute atomic E-state index is 0.712. The highest BCUT2D eigenvalue weighted by Gasteiger charge is 2.13. The molecule has 0 aliphatic rings. The number of unbranched alkanes of at least 4 members (excludes halogenated alkanes) is 1. The van der Waals surface area contributed by atoms with Gasteiger partial charge in [-0.3, -0.25) is 4.40 Å². The number of anilines is 1. The van der Waals surface area contributed by atoms with Crippen molar-refractivity contribution < 1.29 is 0 Å². The van der Waals surface area contributed by atoms with Crippen molar-refractivity contribution in [3.8, 4) is 0 Å². The van der Waals surface area contributed by atoms with Crippen LogP contribution in [-0.4, -0.2) is 38.9 Å². The zero-order valence-electron chi connectivity index (χ0n) is 12.8. The highest BCUT2D eigenvalue weighted by molar-refractivity contribution is 7.98. The van der Waals surface area contributed by atoms with Gasteiger partial charge in [-0.25, -0.2) is 4.98 Å². The second kappa shape index (κ2) is 6.50. The highest BCUT2D eigenvalue weighted by atomic mass is 32.2. The third kappa shape index (κ3) is 2.74. The van der Waals surface area contributed by atoms with Crippen molar-refractivity contribution in [1.29, 1.82) is 0 Å². The van der Waals surface area contributed by atoms with Gasteiger partial charge >= 0.3 is 0 Å². The van der Waals surface area contributed by atoms with Crippen LogP contribution in [0.1, 0.15) is 18.7 Å². The number of aromatic nitrogens is 4. The molecule has 3 rings (SSSR count). The second-order valence-electron chi connectivity index (χ2n) is 5.14. The second-order valence-corrected chi connectivity index (χ2v) is 6.02. The summed E-state index contributed by atoms with van der Waals surface area (Å²) in [5, 5.41) is 11.8. The first kappa shape index (κ1) is 15.1. The maximum Gasteiger partial charge on any atom is 0.204 e. The fourth-order valence-electron chi connectivity index (χ4n) is 2.48. The molecule has 2 heterocycles. The Morgan fingerprint density at radius 1 is 1.27 bits per heavy atom. The first-order chi connectivity index (χ1) is 10.7. The highest BCUT2D eigenvalue weighted by Crippen LogP contribution is 2.25. The number of fused-ring (bicyclic) bond motifs is 3. The molecule has 0 radical (unpaired) electrons. The van der Waals surface area contributed by atoms with Crippen molar-refractivity contribution in [1.82, 2.24) is 19.6 Å². The van der Waals surface area contributed by atoms with Crippen LogP contribution >= 0.6 is 11.8 Å². The number of nitrogens with zero attached hydrogens (tertiary/aromatic N) is 4. The van der Waals surface area contributed by atoms with Gasteiger partial charge in [0.2, 0.25) is 5.65 Å². The van der Waals surface area contributed by atoms with Crippen LogP contribution in [0.15, 0.2) is 23.1 Å². The van der Waals surface area contributed by atoms with Crippen molar-refractivity contribution in [2.75, 3.05) is 24.7 Å². The SMILES string of the molecule is CSc1ccc2c(c1)nc(NCCCCN)c1nnc(C)n12. The fraction of sp³-hybridized carbons (Fsp3) is 0.400. The minimum Gasteiger partial charge on any atom is -0.367 e. The van der Waals surface area contributed by atoms with Crippen molar-refractivity contribution >= 4 is 34.3 Å². The minimum atomic E-state index is 0.712. The summed E-state index contributed by atoms with van der Waals surface area (Å²) in [4.78, 5) is 5.94. The van der Waals surface area contributed by atoms with Crippen LogP contribution < -0.4 is 11.1 Å². The standard InChI is InChI=1S/C15H20N6S/c1-10-19-20-15-14(17-8-4-3-7-16)18-12-9-11(22-2)5-6-13(12)21(10)15/h5-6,9H,3-4,7-8,16H2,1-2H3,(H,17,18). The van der Waals surface area contributed by atoms with E-state index in [4.69, 9.17) is 10.7 Å². The smallest absolute Gasteiger partial charge is 0.204 e. The van der Waals surface area contributed by atoms with E-state index >= 15 is 0 Å².